The van der Waals surface area contributed by atoms with E-state index < -0.39 is 0 Å². The smallest absolute Gasteiger partial charge is 0.253 e. The molecule has 0 spiro atoms. The van der Waals surface area contributed by atoms with Gasteiger partial charge in [-0.3, -0.25) is 9.48 Å². The van der Waals surface area contributed by atoms with Crippen LogP contribution < -0.4 is 16.8 Å². The third-order valence-corrected chi connectivity index (χ3v) is 2.91. The van der Waals surface area contributed by atoms with Crippen LogP contribution in [0, 0.1) is 0 Å². The van der Waals surface area contributed by atoms with Gasteiger partial charge in [-0.1, -0.05) is 0 Å². The van der Waals surface area contributed by atoms with E-state index in [-0.39, 0.29) is 5.91 Å². The zero-order chi connectivity index (χ0) is 13.8. The monoisotopic (exact) mass is 259 g/mol. The molecule has 19 heavy (non-hydrogen) atoms. The maximum atomic E-state index is 11.9. The zero-order valence-electron chi connectivity index (χ0n) is 10.8. The van der Waals surface area contributed by atoms with Crippen molar-refractivity contribution in [2.75, 3.05) is 18.0 Å². The lowest BCUT2D eigenvalue weighted by molar-refractivity contribution is 0.0955. The van der Waals surface area contributed by atoms with E-state index in [4.69, 9.17) is 11.5 Å². The number of aromatic nitrogens is 2. The average molecular weight is 259 g/mol. The SMILES string of the molecule is Cn1nccc1CCNC(=O)c1ccc(N)cc1N. The Morgan fingerprint density at radius 2 is 2.16 bits per heavy atom. The van der Waals surface area contributed by atoms with Crippen LogP contribution in [0.5, 0.6) is 0 Å². The van der Waals surface area contributed by atoms with Gasteiger partial charge in [0.05, 0.1) is 5.56 Å². The van der Waals surface area contributed by atoms with Crippen molar-refractivity contribution >= 4 is 17.3 Å². The predicted molar refractivity (Wildman–Crippen MR) is 74.5 cm³/mol. The van der Waals surface area contributed by atoms with E-state index in [1.54, 1.807) is 29.1 Å². The van der Waals surface area contributed by atoms with Crippen molar-refractivity contribution in [3.63, 3.8) is 0 Å². The van der Waals surface area contributed by atoms with Gasteiger partial charge >= 0.3 is 0 Å². The van der Waals surface area contributed by atoms with Gasteiger partial charge in [0.15, 0.2) is 0 Å². The molecule has 0 aliphatic carbocycles. The summed E-state index contributed by atoms with van der Waals surface area (Å²) in [4.78, 5) is 11.9. The predicted octanol–water partition coefficient (Wildman–Crippen LogP) is 0.557. The average Bonchev–Trinajstić information content (AvgIpc) is 2.75. The fourth-order valence-electron chi connectivity index (χ4n) is 1.83. The molecule has 1 heterocycles. The van der Waals surface area contributed by atoms with Crippen LogP contribution in [0.25, 0.3) is 0 Å². The number of amides is 1. The first-order chi connectivity index (χ1) is 9.08. The molecular formula is C13H17N5O. The van der Waals surface area contributed by atoms with Gasteiger partial charge in [-0.15, -0.1) is 0 Å². The van der Waals surface area contributed by atoms with E-state index in [0.29, 0.717) is 23.5 Å². The summed E-state index contributed by atoms with van der Waals surface area (Å²) < 4.78 is 1.78. The van der Waals surface area contributed by atoms with Gasteiger partial charge < -0.3 is 16.8 Å². The van der Waals surface area contributed by atoms with E-state index in [2.05, 4.69) is 10.4 Å². The molecule has 100 valence electrons. The number of carbonyl (C=O) groups excluding carboxylic acids is 1. The first kappa shape index (κ1) is 12.9. The molecule has 1 amide bonds. The number of nitrogens with one attached hydrogen (secondary N) is 1. The summed E-state index contributed by atoms with van der Waals surface area (Å²) in [6, 6.07) is 6.79. The Hall–Kier alpha value is -2.50. The zero-order valence-corrected chi connectivity index (χ0v) is 10.8. The van der Waals surface area contributed by atoms with Crippen molar-refractivity contribution < 1.29 is 4.79 Å². The Morgan fingerprint density at radius 3 is 2.79 bits per heavy atom. The van der Waals surface area contributed by atoms with E-state index in [0.717, 1.165) is 12.1 Å². The molecule has 6 heteroatoms. The highest BCUT2D eigenvalue weighted by atomic mass is 16.1. The number of nitrogens with zero attached hydrogens (tertiary/aromatic N) is 2. The summed E-state index contributed by atoms with van der Waals surface area (Å²) >= 11 is 0. The highest BCUT2D eigenvalue weighted by Gasteiger charge is 2.09. The fourth-order valence-corrected chi connectivity index (χ4v) is 1.83. The van der Waals surface area contributed by atoms with Crippen LogP contribution in [-0.2, 0) is 13.5 Å². The van der Waals surface area contributed by atoms with Gasteiger partial charge in [-0.25, -0.2) is 0 Å². The van der Waals surface area contributed by atoms with Crippen molar-refractivity contribution in [2.24, 2.45) is 7.05 Å². The molecule has 0 unspecified atom stereocenters. The van der Waals surface area contributed by atoms with Crippen molar-refractivity contribution in [3.05, 3.63) is 41.7 Å². The number of carbonyl (C=O) groups is 1. The normalized spacial score (nSPS) is 10.4. The molecular weight excluding hydrogens is 242 g/mol. The van der Waals surface area contributed by atoms with Crippen molar-refractivity contribution in [3.8, 4) is 0 Å². The molecule has 0 aliphatic heterocycles. The number of nitrogen functional groups attached to an aromatic ring is 2. The van der Waals surface area contributed by atoms with Gasteiger partial charge in [-0.05, 0) is 24.3 Å². The first-order valence-corrected chi connectivity index (χ1v) is 5.98. The molecule has 0 bridgehead atoms. The number of hydrogen-bond acceptors (Lipinski definition) is 4. The first-order valence-electron chi connectivity index (χ1n) is 5.98. The Labute approximate surface area is 111 Å². The fraction of sp³-hybridized carbons (Fsp3) is 0.231. The summed E-state index contributed by atoms with van der Waals surface area (Å²) in [7, 11) is 1.87. The van der Waals surface area contributed by atoms with Crippen molar-refractivity contribution in [2.45, 2.75) is 6.42 Å². The van der Waals surface area contributed by atoms with Gasteiger partial charge in [-0.2, -0.15) is 5.10 Å². The van der Waals surface area contributed by atoms with Crippen LogP contribution in [0.3, 0.4) is 0 Å². The molecule has 5 N–H and O–H groups in total. The molecule has 0 fully saturated rings. The summed E-state index contributed by atoms with van der Waals surface area (Å²) in [5.41, 5.74) is 13.8. The van der Waals surface area contributed by atoms with Crippen molar-refractivity contribution in [1.82, 2.24) is 15.1 Å². The number of benzene rings is 1. The van der Waals surface area contributed by atoms with Gasteiger partial charge in [0.25, 0.3) is 5.91 Å². The highest BCUT2D eigenvalue weighted by molar-refractivity contribution is 5.99. The summed E-state index contributed by atoms with van der Waals surface area (Å²) in [6.45, 7) is 0.530. The lowest BCUT2D eigenvalue weighted by Crippen LogP contribution is -2.27. The topological polar surface area (TPSA) is 99.0 Å². The second-order valence-electron chi connectivity index (χ2n) is 4.30. The standard InChI is InChI=1S/C13H17N5O/c1-18-10(5-7-17-18)4-6-16-13(19)11-3-2-9(14)8-12(11)15/h2-3,5,7-8H,4,6,14-15H2,1H3,(H,16,19). The number of anilines is 2. The van der Waals surface area contributed by atoms with E-state index in [1.165, 1.54) is 0 Å². The Morgan fingerprint density at radius 1 is 1.37 bits per heavy atom. The Balaban J connectivity index is 1.93. The Kier molecular flexibility index (Phi) is 3.70. The summed E-state index contributed by atoms with van der Waals surface area (Å²) in [5, 5.41) is 6.89. The van der Waals surface area contributed by atoms with E-state index in [9.17, 15) is 4.79 Å². The number of hydrogen-bond donors (Lipinski definition) is 3. The number of nitrogens with two attached hydrogens (primary N) is 2. The molecule has 0 atom stereocenters. The summed E-state index contributed by atoms with van der Waals surface area (Å²) in [5.74, 6) is -0.195. The number of aryl methyl sites for hydroxylation is 1. The third-order valence-electron chi connectivity index (χ3n) is 2.91. The minimum absolute atomic E-state index is 0.195. The minimum Gasteiger partial charge on any atom is -0.399 e. The maximum absolute atomic E-state index is 11.9. The van der Waals surface area contributed by atoms with Gasteiger partial charge in [0.1, 0.15) is 0 Å². The lowest BCUT2D eigenvalue weighted by atomic mass is 10.1. The molecule has 6 nitrogen and oxygen atoms in total. The number of rotatable bonds is 4. The van der Waals surface area contributed by atoms with Crippen LogP contribution in [0.15, 0.2) is 30.5 Å². The van der Waals surface area contributed by atoms with Crippen LogP contribution in [0.4, 0.5) is 11.4 Å². The minimum atomic E-state index is -0.195. The molecule has 1 aromatic carbocycles. The maximum Gasteiger partial charge on any atom is 0.253 e. The molecule has 2 rings (SSSR count). The van der Waals surface area contributed by atoms with Crippen LogP contribution in [0.2, 0.25) is 0 Å². The molecule has 0 saturated carbocycles. The molecule has 0 radical (unpaired) electrons. The van der Waals surface area contributed by atoms with Crippen LogP contribution >= 0.6 is 0 Å². The molecule has 1 aromatic heterocycles. The van der Waals surface area contributed by atoms with Gasteiger partial charge in [0, 0.05) is 43.3 Å². The van der Waals surface area contributed by atoms with E-state index >= 15 is 0 Å². The molecule has 0 aliphatic rings. The van der Waals surface area contributed by atoms with Crippen molar-refractivity contribution in [1.29, 1.82) is 0 Å². The largest absolute Gasteiger partial charge is 0.399 e. The Bertz CT molecular complexity index is 590. The molecule has 0 saturated heterocycles. The van der Waals surface area contributed by atoms with E-state index in [1.807, 2.05) is 13.1 Å². The summed E-state index contributed by atoms with van der Waals surface area (Å²) in [6.07, 6.45) is 2.45. The second kappa shape index (κ2) is 5.43. The third kappa shape index (κ3) is 3.04. The van der Waals surface area contributed by atoms with Gasteiger partial charge in [0.2, 0.25) is 0 Å². The lowest BCUT2D eigenvalue weighted by Gasteiger charge is -2.08. The van der Waals surface area contributed by atoms with Crippen LogP contribution in [-0.4, -0.2) is 22.2 Å². The quantitative estimate of drug-likeness (QED) is 0.698. The molecule has 2 aromatic rings. The second-order valence-corrected chi connectivity index (χ2v) is 4.30. The highest BCUT2D eigenvalue weighted by Crippen LogP contribution is 2.15. The van der Waals surface area contributed by atoms with Crippen LogP contribution in [0.1, 0.15) is 16.1 Å².